The number of halogens is 1. The summed E-state index contributed by atoms with van der Waals surface area (Å²) in [6.45, 7) is 4.02. The highest BCUT2D eigenvalue weighted by Gasteiger charge is 1.98. The van der Waals surface area contributed by atoms with E-state index in [1.807, 2.05) is 12.1 Å². The lowest BCUT2D eigenvalue weighted by atomic mass is 10.3. The van der Waals surface area contributed by atoms with E-state index in [0.29, 0.717) is 18.0 Å². The van der Waals surface area contributed by atoms with Crippen LogP contribution in [0.25, 0.3) is 0 Å². The summed E-state index contributed by atoms with van der Waals surface area (Å²) in [5, 5.41) is 0. The van der Waals surface area contributed by atoms with Crippen molar-refractivity contribution in [2.24, 2.45) is 0 Å². The normalized spacial score (nSPS) is 9.42. The van der Waals surface area contributed by atoms with E-state index in [2.05, 4.69) is 22.5 Å². The molecule has 0 saturated heterocycles. The molecule has 0 aliphatic carbocycles. The first-order valence-corrected chi connectivity index (χ1v) is 4.32. The van der Waals surface area contributed by atoms with Crippen LogP contribution in [0.5, 0.6) is 5.75 Å². The van der Waals surface area contributed by atoms with Gasteiger partial charge in [0.1, 0.15) is 12.4 Å². The maximum Gasteiger partial charge on any atom is 0.143 e. The minimum Gasteiger partial charge on any atom is -0.487 e. The second-order valence-corrected chi connectivity index (χ2v) is 3.20. The van der Waals surface area contributed by atoms with Crippen molar-refractivity contribution >= 4 is 21.6 Å². The maximum absolute atomic E-state index is 5.65. The largest absolute Gasteiger partial charge is 0.487 e. The first-order valence-electron chi connectivity index (χ1n) is 3.52. The van der Waals surface area contributed by atoms with Crippen LogP contribution in [-0.2, 0) is 0 Å². The average Bonchev–Trinajstić information content (AvgIpc) is 2.07. The molecular formula is C9H10BrNO. The monoisotopic (exact) mass is 227 g/mol. The molecule has 0 saturated carbocycles. The molecule has 12 heavy (non-hydrogen) atoms. The van der Waals surface area contributed by atoms with Gasteiger partial charge in [0.25, 0.3) is 0 Å². The molecule has 1 rings (SSSR count). The highest BCUT2D eigenvalue weighted by molar-refractivity contribution is 9.10. The Labute approximate surface area is 80.2 Å². The van der Waals surface area contributed by atoms with Gasteiger partial charge in [0.05, 0.1) is 5.69 Å². The van der Waals surface area contributed by atoms with Crippen LogP contribution in [0, 0.1) is 0 Å². The Morgan fingerprint density at radius 3 is 3.00 bits per heavy atom. The highest BCUT2D eigenvalue weighted by atomic mass is 79.9. The van der Waals surface area contributed by atoms with E-state index < -0.39 is 0 Å². The fourth-order valence-electron chi connectivity index (χ4n) is 0.782. The van der Waals surface area contributed by atoms with Crippen LogP contribution in [0.15, 0.2) is 35.3 Å². The fourth-order valence-corrected chi connectivity index (χ4v) is 1.12. The molecule has 0 aliphatic heterocycles. The van der Waals surface area contributed by atoms with E-state index >= 15 is 0 Å². The zero-order valence-corrected chi connectivity index (χ0v) is 8.17. The van der Waals surface area contributed by atoms with Crippen molar-refractivity contribution in [3.05, 3.63) is 35.3 Å². The van der Waals surface area contributed by atoms with E-state index in [4.69, 9.17) is 10.5 Å². The number of rotatable bonds is 3. The Balaban J connectivity index is 2.82. The summed E-state index contributed by atoms with van der Waals surface area (Å²) in [6, 6.07) is 5.50. The van der Waals surface area contributed by atoms with Gasteiger partial charge in [0.15, 0.2) is 0 Å². The van der Waals surface area contributed by atoms with Crippen molar-refractivity contribution < 1.29 is 4.74 Å². The molecule has 1 aromatic carbocycles. The molecule has 2 nitrogen and oxygen atoms in total. The molecular weight excluding hydrogens is 218 g/mol. The summed E-state index contributed by atoms with van der Waals surface area (Å²) in [4.78, 5) is 0. The predicted octanol–water partition coefficient (Wildman–Crippen LogP) is 2.60. The van der Waals surface area contributed by atoms with Gasteiger partial charge in [0.2, 0.25) is 0 Å². The van der Waals surface area contributed by atoms with E-state index in [1.54, 1.807) is 12.1 Å². The molecule has 0 aliphatic rings. The molecule has 64 valence electrons. The molecule has 0 amide bonds. The van der Waals surface area contributed by atoms with Crippen LogP contribution >= 0.6 is 15.9 Å². The lowest BCUT2D eigenvalue weighted by molar-refractivity contribution is 0.365. The summed E-state index contributed by atoms with van der Waals surface area (Å²) in [7, 11) is 0. The molecule has 3 heteroatoms. The Hall–Kier alpha value is -0.960. The summed E-state index contributed by atoms with van der Waals surface area (Å²) in [6.07, 6.45) is 1.68. The molecule has 0 unspecified atom stereocenters. The standard InChI is InChI=1S/C9H10BrNO/c1-2-5-12-9-6-7(10)3-4-8(9)11/h2-4,6H,1,5,11H2. The molecule has 2 N–H and O–H groups in total. The average molecular weight is 228 g/mol. The van der Waals surface area contributed by atoms with E-state index in [9.17, 15) is 0 Å². The van der Waals surface area contributed by atoms with Crippen molar-refractivity contribution in [1.82, 2.24) is 0 Å². The predicted molar refractivity (Wildman–Crippen MR) is 54.2 cm³/mol. The van der Waals surface area contributed by atoms with Gasteiger partial charge in [-0.15, -0.1) is 0 Å². The molecule has 0 spiro atoms. The lowest BCUT2D eigenvalue weighted by Crippen LogP contribution is -1.97. The number of nitrogen functional groups attached to an aromatic ring is 1. The third kappa shape index (κ3) is 2.27. The molecule has 1 aromatic rings. The molecule has 0 fully saturated rings. The Morgan fingerprint density at radius 2 is 2.33 bits per heavy atom. The van der Waals surface area contributed by atoms with Crippen molar-refractivity contribution in [2.75, 3.05) is 12.3 Å². The van der Waals surface area contributed by atoms with Crippen LogP contribution in [-0.4, -0.2) is 6.61 Å². The van der Waals surface area contributed by atoms with E-state index in [0.717, 1.165) is 4.47 Å². The van der Waals surface area contributed by atoms with Crippen LogP contribution in [0.4, 0.5) is 5.69 Å². The Kier molecular flexibility index (Phi) is 3.17. The minimum atomic E-state index is 0.473. The van der Waals surface area contributed by atoms with Crippen molar-refractivity contribution in [2.45, 2.75) is 0 Å². The number of benzene rings is 1. The van der Waals surface area contributed by atoms with Crippen molar-refractivity contribution in [3.63, 3.8) is 0 Å². The van der Waals surface area contributed by atoms with Gasteiger partial charge in [-0.25, -0.2) is 0 Å². The summed E-state index contributed by atoms with van der Waals surface area (Å²) in [5.41, 5.74) is 6.29. The smallest absolute Gasteiger partial charge is 0.143 e. The summed E-state index contributed by atoms with van der Waals surface area (Å²) >= 11 is 3.33. The third-order valence-corrected chi connectivity index (χ3v) is 1.83. The topological polar surface area (TPSA) is 35.2 Å². The molecule has 0 heterocycles. The number of anilines is 1. The first-order chi connectivity index (χ1) is 5.74. The van der Waals surface area contributed by atoms with E-state index in [1.165, 1.54) is 0 Å². The molecule has 0 aromatic heterocycles. The first kappa shape index (κ1) is 9.13. The highest BCUT2D eigenvalue weighted by Crippen LogP contribution is 2.25. The summed E-state index contributed by atoms with van der Waals surface area (Å²) in [5.74, 6) is 0.685. The SMILES string of the molecule is C=CCOc1cc(Br)ccc1N. The Bertz CT molecular complexity index is 286. The molecule has 0 radical (unpaired) electrons. The van der Waals surface area contributed by atoms with Gasteiger partial charge in [0, 0.05) is 4.47 Å². The lowest BCUT2D eigenvalue weighted by Gasteiger charge is -2.06. The fraction of sp³-hybridized carbons (Fsp3) is 0.111. The van der Waals surface area contributed by atoms with Crippen LogP contribution in [0.3, 0.4) is 0 Å². The second kappa shape index (κ2) is 4.16. The van der Waals surface area contributed by atoms with Gasteiger partial charge in [-0.3, -0.25) is 0 Å². The van der Waals surface area contributed by atoms with Gasteiger partial charge < -0.3 is 10.5 Å². The zero-order chi connectivity index (χ0) is 8.97. The number of nitrogens with two attached hydrogens (primary N) is 1. The van der Waals surface area contributed by atoms with Gasteiger partial charge >= 0.3 is 0 Å². The second-order valence-electron chi connectivity index (χ2n) is 2.28. The quantitative estimate of drug-likeness (QED) is 0.637. The molecule has 0 atom stereocenters. The van der Waals surface area contributed by atoms with Gasteiger partial charge in [-0.05, 0) is 18.2 Å². The van der Waals surface area contributed by atoms with Crippen molar-refractivity contribution in [1.29, 1.82) is 0 Å². The number of hydrogen-bond acceptors (Lipinski definition) is 2. The van der Waals surface area contributed by atoms with Crippen LogP contribution in [0.2, 0.25) is 0 Å². The maximum atomic E-state index is 5.65. The number of ether oxygens (including phenoxy) is 1. The Morgan fingerprint density at radius 1 is 1.58 bits per heavy atom. The minimum absolute atomic E-state index is 0.473. The third-order valence-electron chi connectivity index (χ3n) is 1.33. The van der Waals surface area contributed by atoms with Gasteiger partial charge in [-0.1, -0.05) is 28.6 Å². The summed E-state index contributed by atoms with van der Waals surface area (Å²) < 4.78 is 6.25. The molecule has 0 bridgehead atoms. The number of hydrogen-bond donors (Lipinski definition) is 1. The zero-order valence-electron chi connectivity index (χ0n) is 6.59. The van der Waals surface area contributed by atoms with Gasteiger partial charge in [-0.2, -0.15) is 0 Å². The van der Waals surface area contributed by atoms with E-state index in [-0.39, 0.29) is 0 Å². The van der Waals surface area contributed by atoms with Crippen LogP contribution < -0.4 is 10.5 Å². The van der Waals surface area contributed by atoms with Crippen molar-refractivity contribution in [3.8, 4) is 5.75 Å². The van der Waals surface area contributed by atoms with Crippen LogP contribution in [0.1, 0.15) is 0 Å².